The monoisotopic (exact) mass is 392 g/mol. The van der Waals surface area contributed by atoms with Crippen LogP contribution in [0.25, 0.3) is 11.0 Å². The van der Waals surface area contributed by atoms with Crippen molar-refractivity contribution < 1.29 is 9.53 Å². The molecule has 0 bridgehead atoms. The van der Waals surface area contributed by atoms with Gasteiger partial charge in [0.15, 0.2) is 0 Å². The number of rotatable bonds is 6. The minimum atomic E-state index is -0.320. The number of amides is 1. The zero-order chi connectivity index (χ0) is 20.2. The van der Waals surface area contributed by atoms with Gasteiger partial charge in [0.05, 0.1) is 24.2 Å². The number of para-hydroxylation sites is 2. The Hall–Kier alpha value is -2.70. The number of aryl methyl sites for hydroxylation is 1. The number of nitrogens with one attached hydrogen (secondary N) is 1. The second-order valence-corrected chi connectivity index (χ2v) is 7.62. The number of hydrogen-bond acceptors (Lipinski definition) is 4. The van der Waals surface area contributed by atoms with E-state index in [0.29, 0.717) is 6.54 Å². The predicted octanol–water partition coefficient (Wildman–Crippen LogP) is 3.05. The quantitative estimate of drug-likeness (QED) is 0.700. The lowest BCUT2D eigenvalue weighted by Gasteiger charge is -2.26. The van der Waals surface area contributed by atoms with Gasteiger partial charge in [0.25, 0.3) is 0 Å². The van der Waals surface area contributed by atoms with Gasteiger partial charge in [-0.2, -0.15) is 0 Å². The lowest BCUT2D eigenvalue weighted by atomic mass is 10.1. The van der Waals surface area contributed by atoms with E-state index in [-0.39, 0.29) is 11.9 Å². The van der Waals surface area contributed by atoms with Crippen molar-refractivity contribution >= 4 is 16.9 Å². The Morgan fingerprint density at radius 1 is 1.14 bits per heavy atom. The molecule has 3 aromatic rings. The van der Waals surface area contributed by atoms with Gasteiger partial charge in [0, 0.05) is 26.2 Å². The molecule has 1 N–H and O–H groups in total. The molecule has 0 aliphatic carbocycles. The smallest absolute Gasteiger partial charge is 0.243 e. The van der Waals surface area contributed by atoms with Crippen LogP contribution in [0.4, 0.5) is 0 Å². The number of carbonyl (C=O) groups excluding carboxylic acids is 1. The lowest BCUT2D eigenvalue weighted by Crippen LogP contribution is -2.35. The summed E-state index contributed by atoms with van der Waals surface area (Å²) in [6, 6.07) is 16.1. The van der Waals surface area contributed by atoms with Crippen LogP contribution in [0.15, 0.2) is 48.5 Å². The summed E-state index contributed by atoms with van der Waals surface area (Å²) in [7, 11) is 0. The Morgan fingerprint density at radius 2 is 1.90 bits per heavy atom. The zero-order valence-electron chi connectivity index (χ0n) is 17.1. The third kappa shape index (κ3) is 4.49. The second kappa shape index (κ2) is 8.76. The van der Waals surface area contributed by atoms with Crippen molar-refractivity contribution in [1.82, 2.24) is 19.8 Å². The number of morpholine rings is 1. The topological polar surface area (TPSA) is 59.4 Å². The summed E-state index contributed by atoms with van der Waals surface area (Å²) in [6.07, 6.45) is 0. The Bertz CT molecular complexity index is 991. The predicted molar refractivity (Wildman–Crippen MR) is 114 cm³/mol. The standard InChI is InChI=1S/C23H28N4O2/c1-17(27-18(2)25-21-8-3-4-9-22(21)27)23(28)24-15-19-6-5-7-20(14-19)16-26-10-12-29-13-11-26/h3-9,14,17H,10-13,15-16H2,1-2H3,(H,24,28). The van der Waals surface area contributed by atoms with Crippen molar-refractivity contribution in [2.45, 2.75) is 33.0 Å². The summed E-state index contributed by atoms with van der Waals surface area (Å²) in [5, 5.41) is 3.09. The maximum absolute atomic E-state index is 12.8. The van der Waals surface area contributed by atoms with E-state index in [1.165, 1.54) is 5.56 Å². The third-order valence-corrected chi connectivity index (χ3v) is 5.51. The summed E-state index contributed by atoms with van der Waals surface area (Å²) >= 11 is 0. The van der Waals surface area contributed by atoms with Gasteiger partial charge in [-0.05, 0) is 37.1 Å². The Morgan fingerprint density at radius 3 is 2.72 bits per heavy atom. The van der Waals surface area contributed by atoms with Gasteiger partial charge in [-0.25, -0.2) is 4.98 Å². The van der Waals surface area contributed by atoms with Crippen LogP contribution in [0.3, 0.4) is 0 Å². The van der Waals surface area contributed by atoms with Crippen molar-refractivity contribution in [3.63, 3.8) is 0 Å². The van der Waals surface area contributed by atoms with Crippen LogP contribution in [0.2, 0.25) is 0 Å². The van der Waals surface area contributed by atoms with Crippen LogP contribution in [0.5, 0.6) is 0 Å². The fourth-order valence-corrected chi connectivity index (χ4v) is 3.96. The first-order valence-corrected chi connectivity index (χ1v) is 10.2. The van der Waals surface area contributed by atoms with Crippen LogP contribution in [-0.2, 0) is 22.6 Å². The van der Waals surface area contributed by atoms with Crippen molar-refractivity contribution in [2.24, 2.45) is 0 Å². The second-order valence-electron chi connectivity index (χ2n) is 7.62. The van der Waals surface area contributed by atoms with Crippen molar-refractivity contribution in [2.75, 3.05) is 26.3 Å². The Labute approximate surface area is 171 Å². The number of ether oxygens (including phenoxy) is 1. The molecule has 2 aromatic carbocycles. The number of benzene rings is 2. The number of fused-ring (bicyclic) bond motifs is 1. The molecule has 6 nitrogen and oxygen atoms in total. The van der Waals surface area contributed by atoms with Crippen molar-refractivity contribution in [3.05, 3.63) is 65.5 Å². The maximum atomic E-state index is 12.8. The molecule has 1 saturated heterocycles. The Kier molecular flexibility index (Phi) is 5.92. The number of aromatic nitrogens is 2. The van der Waals surface area contributed by atoms with Gasteiger partial charge in [-0.3, -0.25) is 9.69 Å². The van der Waals surface area contributed by atoms with Crippen LogP contribution in [-0.4, -0.2) is 46.7 Å². The molecule has 4 rings (SSSR count). The van der Waals surface area contributed by atoms with Crippen LogP contribution in [0, 0.1) is 6.92 Å². The molecule has 1 atom stereocenters. The molecule has 0 saturated carbocycles. The molecule has 152 valence electrons. The molecule has 2 heterocycles. The fraction of sp³-hybridized carbons (Fsp3) is 0.391. The SMILES string of the molecule is Cc1nc2ccccc2n1C(C)C(=O)NCc1cccc(CN2CCOCC2)c1. The van der Waals surface area contributed by atoms with Gasteiger partial charge in [-0.15, -0.1) is 0 Å². The number of hydrogen-bond donors (Lipinski definition) is 1. The van der Waals surface area contributed by atoms with E-state index < -0.39 is 0 Å². The Balaban J connectivity index is 1.40. The summed E-state index contributed by atoms with van der Waals surface area (Å²) in [5.41, 5.74) is 4.28. The maximum Gasteiger partial charge on any atom is 0.243 e. The highest BCUT2D eigenvalue weighted by molar-refractivity contribution is 5.84. The molecule has 1 aromatic heterocycles. The van der Waals surface area contributed by atoms with Gasteiger partial charge < -0.3 is 14.6 Å². The summed E-state index contributed by atoms with van der Waals surface area (Å²) in [6.45, 7) is 8.84. The first-order valence-electron chi connectivity index (χ1n) is 10.2. The summed E-state index contributed by atoms with van der Waals surface area (Å²) < 4.78 is 7.42. The molecule has 1 aliphatic heterocycles. The summed E-state index contributed by atoms with van der Waals surface area (Å²) in [4.78, 5) is 19.8. The van der Waals surface area contributed by atoms with Gasteiger partial charge in [0.1, 0.15) is 11.9 Å². The van der Waals surface area contributed by atoms with Gasteiger partial charge >= 0.3 is 0 Å². The van der Waals surface area contributed by atoms with Crippen molar-refractivity contribution in [3.8, 4) is 0 Å². The lowest BCUT2D eigenvalue weighted by molar-refractivity contribution is -0.124. The number of nitrogens with zero attached hydrogens (tertiary/aromatic N) is 3. The third-order valence-electron chi connectivity index (χ3n) is 5.51. The zero-order valence-corrected chi connectivity index (χ0v) is 17.1. The van der Waals surface area contributed by atoms with E-state index in [0.717, 1.165) is 55.3 Å². The minimum Gasteiger partial charge on any atom is -0.379 e. The first kappa shape index (κ1) is 19.6. The molecule has 1 unspecified atom stereocenters. The highest BCUT2D eigenvalue weighted by Gasteiger charge is 2.19. The largest absolute Gasteiger partial charge is 0.379 e. The molecular formula is C23H28N4O2. The average molecular weight is 393 g/mol. The summed E-state index contributed by atoms with van der Waals surface area (Å²) in [5.74, 6) is 0.844. The van der Waals surface area contributed by atoms with E-state index >= 15 is 0 Å². The number of imidazole rings is 1. The fourth-order valence-electron chi connectivity index (χ4n) is 3.96. The van der Waals surface area contributed by atoms with Crippen molar-refractivity contribution in [1.29, 1.82) is 0 Å². The van der Waals surface area contributed by atoms with E-state index in [1.54, 1.807) is 0 Å². The molecule has 6 heteroatoms. The molecule has 1 aliphatic rings. The first-order chi connectivity index (χ1) is 14.1. The normalized spacial score (nSPS) is 16.1. The molecular weight excluding hydrogens is 364 g/mol. The van der Waals surface area contributed by atoms with Crippen LogP contribution in [0.1, 0.15) is 29.9 Å². The van der Waals surface area contributed by atoms with E-state index in [1.807, 2.05) is 42.7 Å². The number of carbonyl (C=O) groups is 1. The van der Waals surface area contributed by atoms with Crippen LogP contribution < -0.4 is 5.32 Å². The molecule has 0 radical (unpaired) electrons. The van der Waals surface area contributed by atoms with E-state index in [4.69, 9.17) is 4.74 Å². The molecule has 1 amide bonds. The molecule has 1 fully saturated rings. The van der Waals surface area contributed by atoms with Crippen LogP contribution >= 0.6 is 0 Å². The highest BCUT2D eigenvalue weighted by atomic mass is 16.5. The van der Waals surface area contributed by atoms with E-state index in [9.17, 15) is 4.79 Å². The highest BCUT2D eigenvalue weighted by Crippen LogP contribution is 2.21. The van der Waals surface area contributed by atoms with E-state index in [2.05, 4.69) is 39.5 Å². The molecule has 0 spiro atoms. The average Bonchev–Trinajstić information content (AvgIpc) is 3.08. The molecule has 29 heavy (non-hydrogen) atoms. The van der Waals surface area contributed by atoms with Gasteiger partial charge in [-0.1, -0.05) is 36.4 Å². The van der Waals surface area contributed by atoms with Gasteiger partial charge in [0.2, 0.25) is 5.91 Å². The minimum absolute atomic E-state index is 0.00478.